The molecule has 0 fully saturated rings. The van der Waals surface area contributed by atoms with E-state index in [0.717, 1.165) is 23.3 Å². The zero-order valence-corrected chi connectivity index (χ0v) is 13.1. The van der Waals surface area contributed by atoms with E-state index in [2.05, 4.69) is 5.32 Å². The third-order valence-electron chi connectivity index (χ3n) is 3.98. The second-order valence-electron chi connectivity index (χ2n) is 5.48. The molecule has 1 amide bonds. The number of halogens is 2. The zero-order valence-electron chi connectivity index (χ0n) is 13.1. The minimum atomic E-state index is -3.07. The van der Waals surface area contributed by atoms with Crippen LogP contribution in [-0.2, 0) is 11.2 Å². The Morgan fingerprint density at radius 1 is 1.17 bits per heavy atom. The quantitative estimate of drug-likeness (QED) is 0.915. The molecule has 2 aromatic rings. The van der Waals surface area contributed by atoms with Crippen LogP contribution in [0.2, 0.25) is 0 Å². The van der Waals surface area contributed by atoms with Crippen molar-refractivity contribution in [1.29, 1.82) is 0 Å². The lowest BCUT2D eigenvalue weighted by atomic mass is 9.96. The van der Waals surface area contributed by atoms with Gasteiger partial charge >= 0.3 is 6.43 Å². The summed E-state index contributed by atoms with van der Waals surface area (Å²) in [5.74, 6) is 0.153. The molecule has 2 aromatic carbocycles. The average Bonchev–Trinajstić information content (AvgIpc) is 3.07. The molecule has 0 aromatic heterocycles. The van der Waals surface area contributed by atoms with E-state index in [1.54, 1.807) is 37.4 Å². The molecule has 0 aliphatic carbocycles. The molecule has 0 bridgehead atoms. The molecule has 0 unspecified atom stereocenters. The summed E-state index contributed by atoms with van der Waals surface area (Å²) in [4.78, 5) is 11.5. The number of benzene rings is 2. The van der Waals surface area contributed by atoms with E-state index in [9.17, 15) is 13.6 Å². The van der Waals surface area contributed by atoms with Gasteiger partial charge in [0, 0.05) is 6.42 Å². The monoisotopic (exact) mass is 333 g/mol. The minimum absolute atomic E-state index is 0.607. The van der Waals surface area contributed by atoms with Crippen LogP contribution in [0.15, 0.2) is 42.5 Å². The van der Waals surface area contributed by atoms with E-state index < -0.39 is 18.4 Å². The fraction of sp³-hybridized carbons (Fsp3) is 0.278. The van der Waals surface area contributed by atoms with E-state index in [1.165, 1.54) is 0 Å². The van der Waals surface area contributed by atoms with Crippen LogP contribution in [0.3, 0.4) is 0 Å². The molecule has 1 aliphatic heterocycles. The number of nitrogens with one attached hydrogen (secondary N) is 1. The third kappa shape index (κ3) is 3.32. The molecule has 0 radical (unpaired) electrons. The highest BCUT2D eigenvalue weighted by molar-refractivity contribution is 5.80. The number of ether oxygens (including phenoxy) is 2. The molecular formula is C18H17F2NO3. The Morgan fingerprint density at radius 3 is 2.54 bits per heavy atom. The van der Waals surface area contributed by atoms with Gasteiger partial charge in [0.25, 0.3) is 5.91 Å². The SMILES string of the molecule is COc1ccc([C@@H](NC(=O)C(F)F)c2ccc3c(c2)CCO3)cc1. The van der Waals surface area contributed by atoms with Crippen molar-refractivity contribution in [3.63, 3.8) is 0 Å². The summed E-state index contributed by atoms with van der Waals surface area (Å²) < 4.78 is 36.0. The zero-order chi connectivity index (χ0) is 17.1. The Morgan fingerprint density at radius 2 is 1.88 bits per heavy atom. The van der Waals surface area contributed by atoms with Crippen molar-refractivity contribution >= 4 is 5.91 Å². The third-order valence-corrected chi connectivity index (χ3v) is 3.98. The van der Waals surface area contributed by atoms with Crippen LogP contribution in [-0.4, -0.2) is 26.0 Å². The van der Waals surface area contributed by atoms with Gasteiger partial charge in [-0.05, 0) is 41.0 Å². The molecule has 24 heavy (non-hydrogen) atoms. The van der Waals surface area contributed by atoms with Gasteiger partial charge in [-0.2, -0.15) is 8.78 Å². The maximum absolute atomic E-state index is 12.7. The van der Waals surface area contributed by atoms with E-state index in [4.69, 9.17) is 9.47 Å². The van der Waals surface area contributed by atoms with E-state index in [0.29, 0.717) is 17.9 Å². The predicted molar refractivity (Wildman–Crippen MR) is 84.6 cm³/mol. The lowest BCUT2D eigenvalue weighted by Crippen LogP contribution is -2.33. The van der Waals surface area contributed by atoms with Crippen molar-refractivity contribution < 1.29 is 23.0 Å². The summed E-state index contributed by atoms with van der Waals surface area (Å²) in [7, 11) is 1.55. The van der Waals surface area contributed by atoms with E-state index in [1.807, 2.05) is 12.1 Å². The maximum Gasteiger partial charge on any atom is 0.315 e. The van der Waals surface area contributed by atoms with Gasteiger partial charge in [-0.1, -0.05) is 18.2 Å². The molecule has 4 nitrogen and oxygen atoms in total. The Kier molecular flexibility index (Phi) is 4.64. The number of hydrogen-bond acceptors (Lipinski definition) is 3. The molecule has 126 valence electrons. The summed E-state index contributed by atoms with van der Waals surface area (Å²) in [5, 5.41) is 2.41. The van der Waals surface area contributed by atoms with Crippen molar-refractivity contribution in [2.75, 3.05) is 13.7 Å². The smallest absolute Gasteiger partial charge is 0.315 e. The largest absolute Gasteiger partial charge is 0.497 e. The standard InChI is InChI=1S/C18H17F2NO3/c1-23-14-5-2-11(3-6-14)16(21-18(22)17(19)20)13-4-7-15-12(10-13)8-9-24-15/h2-7,10,16-17H,8-9H2,1H3,(H,21,22)/t16-/m1/s1. The van der Waals surface area contributed by atoms with Gasteiger partial charge < -0.3 is 14.8 Å². The molecule has 1 atom stereocenters. The average molecular weight is 333 g/mol. The maximum atomic E-state index is 12.7. The molecule has 1 N–H and O–H groups in total. The van der Waals surface area contributed by atoms with Gasteiger partial charge in [-0.25, -0.2) is 0 Å². The second kappa shape index (κ2) is 6.86. The predicted octanol–water partition coefficient (Wildman–Crippen LogP) is 3.10. The molecule has 3 rings (SSSR count). The number of hydrogen-bond donors (Lipinski definition) is 1. The molecule has 1 aliphatic rings. The minimum Gasteiger partial charge on any atom is -0.497 e. The van der Waals surface area contributed by atoms with Gasteiger partial charge in [0.05, 0.1) is 19.8 Å². The summed E-state index contributed by atoms with van der Waals surface area (Å²) in [6, 6.07) is 11.8. The first-order chi connectivity index (χ1) is 11.6. The highest BCUT2D eigenvalue weighted by Gasteiger charge is 2.24. The summed E-state index contributed by atoms with van der Waals surface area (Å²) >= 11 is 0. The highest BCUT2D eigenvalue weighted by atomic mass is 19.3. The first kappa shape index (κ1) is 16.2. The van der Waals surface area contributed by atoms with Crippen LogP contribution < -0.4 is 14.8 Å². The van der Waals surface area contributed by atoms with Crippen LogP contribution in [0.25, 0.3) is 0 Å². The topological polar surface area (TPSA) is 47.6 Å². The molecule has 6 heteroatoms. The van der Waals surface area contributed by atoms with Gasteiger partial charge in [0.15, 0.2) is 0 Å². The van der Waals surface area contributed by atoms with Crippen LogP contribution in [0.5, 0.6) is 11.5 Å². The lowest BCUT2D eigenvalue weighted by Gasteiger charge is -2.20. The van der Waals surface area contributed by atoms with Crippen molar-refractivity contribution in [2.45, 2.75) is 18.9 Å². The second-order valence-corrected chi connectivity index (χ2v) is 5.48. The summed E-state index contributed by atoms with van der Waals surface area (Å²) in [5.41, 5.74) is 2.44. The Labute approximate surface area is 138 Å². The number of fused-ring (bicyclic) bond motifs is 1. The van der Waals surface area contributed by atoms with E-state index in [-0.39, 0.29) is 0 Å². The van der Waals surface area contributed by atoms with Gasteiger partial charge in [0.1, 0.15) is 11.5 Å². The van der Waals surface area contributed by atoms with Crippen LogP contribution in [0.1, 0.15) is 22.7 Å². The van der Waals surface area contributed by atoms with Crippen LogP contribution in [0.4, 0.5) is 8.78 Å². The highest BCUT2D eigenvalue weighted by Crippen LogP contribution is 2.31. The van der Waals surface area contributed by atoms with Crippen molar-refractivity contribution in [3.8, 4) is 11.5 Å². The molecule has 0 saturated heterocycles. The van der Waals surface area contributed by atoms with Gasteiger partial charge in [-0.3, -0.25) is 4.79 Å². The number of carbonyl (C=O) groups is 1. The van der Waals surface area contributed by atoms with Crippen LogP contribution >= 0.6 is 0 Å². The molecule has 0 spiro atoms. The van der Waals surface area contributed by atoms with Crippen molar-refractivity contribution in [3.05, 3.63) is 59.2 Å². The first-order valence-electron chi connectivity index (χ1n) is 7.56. The lowest BCUT2D eigenvalue weighted by molar-refractivity contribution is -0.132. The number of carbonyl (C=O) groups excluding carboxylic acids is 1. The Hall–Kier alpha value is -2.63. The molecule has 1 heterocycles. The molecule has 0 saturated carbocycles. The normalized spacial score (nSPS) is 14.0. The summed E-state index contributed by atoms with van der Waals surface area (Å²) in [6.45, 7) is 0.607. The van der Waals surface area contributed by atoms with Crippen LogP contribution in [0, 0.1) is 0 Å². The first-order valence-corrected chi connectivity index (χ1v) is 7.56. The fourth-order valence-corrected chi connectivity index (χ4v) is 2.75. The van der Waals surface area contributed by atoms with Crippen molar-refractivity contribution in [2.24, 2.45) is 0 Å². The fourth-order valence-electron chi connectivity index (χ4n) is 2.75. The van der Waals surface area contributed by atoms with Gasteiger partial charge in [0.2, 0.25) is 0 Å². The number of amides is 1. The number of alkyl halides is 2. The summed E-state index contributed by atoms with van der Waals surface area (Å²) in [6.07, 6.45) is -2.30. The Balaban J connectivity index is 1.96. The Bertz CT molecular complexity index is 732. The number of methoxy groups -OCH3 is 1. The van der Waals surface area contributed by atoms with Crippen molar-refractivity contribution in [1.82, 2.24) is 5.32 Å². The number of rotatable bonds is 5. The van der Waals surface area contributed by atoms with E-state index >= 15 is 0 Å². The van der Waals surface area contributed by atoms with Gasteiger partial charge in [-0.15, -0.1) is 0 Å². The molecular weight excluding hydrogens is 316 g/mol.